The molecule has 3 aromatic rings. The van der Waals surface area contributed by atoms with E-state index in [1.54, 1.807) is 0 Å². The third-order valence-electron chi connectivity index (χ3n) is 3.17. The molecular weight excluding hydrogens is 336 g/mol. The smallest absolute Gasteiger partial charge is 0.0488 e. The maximum atomic E-state index is 5.95. The standard InChI is InChI=1S/C16H12BrClN2/c17-15-8-13(18)4-5-16(15)20-10-12-3-1-2-11-9-19-7-6-14(11)12/h1-9,20H,10H2. The molecule has 4 heteroatoms. The molecule has 0 saturated heterocycles. The Bertz CT molecular complexity index is 753. The average Bonchev–Trinajstić information content (AvgIpc) is 2.46. The molecule has 1 heterocycles. The Labute approximate surface area is 130 Å². The molecule has 2 aromatic carbocycles. The summed E-state index contributed by atoms with van der Waals surface area (Å²) in [5.74, 6) is 0. The Kier molecular flexibility index (Phi) is 3.90. The van der Waals surface area contributed by atoms with Crippen molar-refractivity contribution in [3.63, 3.8) is 0 Å². The number of halogens is 2. The Morgan fingerprint density at radius 1 is 1.15 bits per heavy atom. The first kappa shape index (κ1) is 13.4. The first-order valence-electron chi connectivity index (χ1n) is 6.24. The van der Waals surface area contributed by atoms with Crippen molar-refractivity contribution in [2.24, 2.45) is 0 Å². The van der Waals surface area contributed by atoms with Gasteiger partial charge in [-0.3, -0.25) is 4.98 Å². The van der Waals surface area contributed by atoms with E-state index in [9.17, 15) is 0 Å². The Morgan fingerprint density at radius 2 is 2.05 bits per heavy atom. The van der Waals surface area contributed by atoms with E-state index in [0.29, 0.717) is 0 Å². The number of fused-ring (bicyclic) bond motifs is 1. The van der Waals surface area contributed by atoms with Crippen LogP contribution in [0.25, 0.3) is 10.8 Å². The van der Waals surface area contributed by atoms with Crippen LogP contribution in [0.4, 0.5) is 5.69 Å². The quantitative estimate of drug-likeness (QED) is 0.699. The zero-order valence-electron chi connectivity index (χ0n) is 10.6. The zero-order chi connectivity index (χ0) is 13.9. The zero-order valence-corrected chi connectivity index (χ0v) is 12.9. The molecule has 0 atom stereocenters. The lowest BCUT2D eigenvalue weighted by Gasteiger charge is -2.11. The van der Waals surface area contributed by atoms with E-state index in [4.69, 9.17) is 11.6 Å². The highest BCUT2D eigenvalue weighted by Gasteiger charge is 2.03. The second kappa shape index (κ2) is 5.81. The lowest BCUT2D eigenvalue weighted by atomic mass is 10.1. The van der Waals surface area contributed by atoms with Gasteiger partial charge in [0.15, 0.2) is 0 Å². The van der Waals surface area contributed by atoms with Crippen LogP contribution >= 0.6 is 27.5 Å². The third-order valence-corrected chi connectivity index (χ3v) is 4.06. The number of rotatable bonds is 3. The number of benzene rings is 2. The van der Waals surface area contributed by atoms with Crippen molar-refractivity contribution < 1.29 is 0 Å². The Hall–Kier alpha value is -1.58. The van der Waals surface area contributed by atoms with Gasteiger partial charge in [-0.1, -0.05) is 29.8 Å². The van der Waals surface area contributed by atoms with Gasteiger partial charge >= 0.3 is 0 Å². The first-order valence-corrected chi connectivity index (χ1v) is 7.42. The largest absolute Gasteiger partial charge is 0.380 e. The number of hydrogen-bond donors (Lipinski definition) is 1. The number of nitrogens with zero attached hydrogens (tertiary/aromatic N) is 1. The molecule has 0 aliphatic rings. The highest BCUT2D eigenvalue weighted by molar-refractivity contribution is 9.10. The van der Waals surface area contributed by atoms with Crippen LogP contribution in [0.3, 0.4) is 0 Å². The second-order valence-electron chi connectivity index (χ2n) is 4.49. The molecule has 0 amide bonds. The molecule has 2 nitrogen and oxygen atoms in total. The van der Waals surface area contributed by atoms with Gasteiger partial charge in [-0.2, -0.15) is 0 Å². The molecule has 20 heavy (non-hydrogen) atoms. The number of hydrogen-bond acceptors (Lipinski definition) is 2. The molecule has 100 valence electrons. The van der Waals surface area contributed by atoms with Gasteiger partial charge in [-0.05, 0) is 51.1 Å². The first-order chi connectivity index (χ1) is 9.74. The summed E-state index contributed by atoms with van der Waals surface area (Å²) in [6.45, 7) is 0.752. The maximum Gasteiger partial charge on any atom is 0.0488 e. The summed E-state index contributed by atoms with van der Waals surface area (Å²) in [7, 11) is 0. The Balaban J connectivity index is 1.87. The minimum atomic E-state index is 0.721. The number of pyridine rings is 1. The minimum absolute atomic E-state index is 0.721. The topological polar surface area (TPSA) is 24.9 Å². The van der Waals surface area contributed by atoms with E-state index in [1.807, 2.05) is 36.7 Å². The Morgan fingerprint density at radius 3 is 2.90 bits per heavy atom. The van der Waals surface area contributed by atoms with Crippen LogP contribution in [0.2, 0.25) is 5.02 Å². The number of aromatic nitrogens is 1. The number of anilines is 1. The molecule has 0 spiro atoms. The minimum Gasteiger partial charge on any atom is -0.380 e. The monoisotopic (exact) mass is 346 g/mol. The summed E-state index contributed by atoms with van der Waals surface area (Å²) in [5.41, 5.74) is 2.27. The van der Waals surface area contributed by atoms with E-state index in [-0.39, 0.29) is 0 Å². The van der Waals surface area contributed by atoms with E-state index in [0.717, 1.165) is 27.1 Å². The van der Waals surface area contributed by atoms with Crippen LogP contribution in [-0.2, 0) is 6.54 Å². The molecule has 1 N–H and O–H groups in total. The van der Waals surface area contributed by atoms with Crippen LogP contribution < -0.4 is 5.32 Å². The SMILES string of the molecule is Clc1ccc(NCc2cccc3cnccc23)c(Br)c1. The van der Waals surface area contributed by atoms with Gasteiger partial charge < -0.3 is 5.32 Å². The lowest BCUT2D eigenvalue weighted by molar-refractivity contribution is 1.16. The molecule has 0 bridgehead atoms. The van der Waals surface area contributed by atoms with Crippen LogP contribution in [0.5, 0.6) is 0 Å². The molecule has 0 aliphatic carbocycles. The predicted molar refractivity (Wildman–Crippen MR) is 88.2 cm³/mol. The van der Waals surface area contributed by atoms with Crippen LogP contribution in [0.1, 0.15) is 5.56 Å². The van der Waals surface area contributed by atoms with E-state index < -0.39 is 0 Å². The summed E-state index contributed by atoms with van der Waals surface area (Å²) in [4.78, 5) is 4.15. The fourth-order valence-corrected chi connectivity index (χ4v) is 2.99. The molecule has 0 fully saturated rings. The predicted octanol–water partition coefficient (Wildman–Crippen LogP) is 5.26. The average molecular weight is 348 g/mol. The highest BCUT2D eigenvalue weighted by Crippen LogP contribution is 2.27. The second-order valence-corrected chi connectivity index (χ2v) is 5.78. The van der Waals surface area contributed by atoms with Crippen LogP contribution in [0, 0.1) is 0 Å². The van der Waals surface area contributed by atoms with Gasteiger partial charge in [0.2, 0.25) is 0 Å². The molecule has 3 rings (SSSR count). The van der Waals surface area contributed by atoms with Crippen molar-refractivity contribution in [3.8, 4) is 0 Å². The van der Waals surface area contributed by atoms with Crippen molar-refractivity contribution in [3.05, 3.63) is 69.9 Å². The van der Waals surface area contributed by atoms with E-state index in [2.05, 4.69) is 44.4 Å². The summed E-state index contributed by atoms with van der Waals surface area (Å²) in [6, 6.07) is 14.0. The van der Waals surface area contributed by atoms with Crippen LogP contribution in [-0.4, -0.2) is 4.98 Å². The van der Waals surface area contributed by atoms with Crippen LogP contribution in [0.15, 0.2) is 59.3 Å². The van der Waals surface area contributed by atoms with Crippen molar-refractivity contribution in [1.82, 2.24) is 4.98 Å². The van der Waals surface area contributed by atoms with Gasteiger partial charge in [-0.25, -0.2) is 0 Å². The normalized spacial score (nSPS) is 10.7. The van der Waals surface area contributed by atoms with Crippen molar-refractivity contribution >= 4 is 44.0 Å². The van der Waals surface area contributed by atoms with E-state index in [1.165, 1.54) is 10.9 Å². The van der Waals surface area contributed by atoms with E-state index >= 15 is 0 Å². The van der Waals surface area contributed by atoms with Gasteiger partial charge in [0.25, 0.3) is 0 Å². The molecule has 0 unspecified atom stereocenters. The van der Waals surface area contributed by atoms with Gasteiger partial charge in [-0.15, -0.1) is 0 Å². The van der Waals surface area contributed by atoms with Gasteiger partial charge in [0.1, 0.15) is 0 Å². The maximum absolute atomic E-state index is 5.95. The van der Waals surface area contributed by atoms with Crippen molar-refractivity contribution in [1.29, 1.82) is 0 Å². The fraction of sp³-hybridized carbons (Fsp3) is 0.0625. The number of nitrogens with one attached hydrogen (secondary N) is 1. The van der Waals surface area contributed by atoms with Crippen molar-refractivity contribution in [2.75, 3.05) is 5.32 Å². The van der Waals surface area contributed by atoms with Gasteiger partial charge in [0, 0.05) is 39.5 Å². The molecule has 0 radical (unpaired) electrons. The highest BCUT2D eigenvalue weighted by atomic mass is 79.9. The van der Waals surface area contributed by atoms with Gasteiger partial charge in [0.05, 0.1) is 0 Å². The third kappa shape index (κ3) is 2.79. The lowest BCUT2D eigenvalue weighted by Crippen LogP contribution is -2.00. The molecular formula is C16H12BrClN2. The summed E-state index contributed by atoms with van der Waals surface area (Å²) < 4.78 is 0.965. The summed E-state index contributed by atoms with van der Waals surface area (Å²) in [5, 5.41) is 6.52. The fourth-order valence-electron chi connectivity index (χ4n) is 2.17. The molecule has 0 saturated carbocycles. The summed E-state index contributed by atoms with van der Waals surface area (Å²) >= 11 is 9.46. The molecule has 0 aliphatic heterocycles. The molecule has 1 aromatic heterocycles. The summed E-state index contributed by atoms with van der Waals surface area (Å²) in [6.07, 6.45) is 3.71. The van der Waals surface area contributed by atoms with Crippen molar-refractivity contribution in [2.45, 2.75) is 6.54 Å².